The lowest BCUT2D eigenvalue weighted by Crippen LogP contribution is -2.03. The van der Waals surface area contributed by atoms with Gasteiger partial charge in [-0.25, -0.2) is 4.98 Å². The van der Waals surface area contributed by atoms with Crippen LogP contribution in [0.15, 0.2) is 11.4 Å². The molecule has 6 heteroatoms. The first-order valence-corrected chi connectivity index (χ1v) is 4.30. The van der Waals surface area contributed by atoms with E-state index in [-0.39, 0.29) is 11.0 Å². The second-order valence-electron chi connectivity index (χ2n) is 2.88. The lowest BCUT2D eigenvalue weighted by molar-refractivity contribution is 1.08. The van der Waals surface area contributed by atoms with E-state index in [0.29, 0.717) is 11.9 Å². The summed E-state index contributed by atoms with van der Waals surface area (Å²) < 4.78 is 0. The van der Waals surface area contributed by atoms with Gasteiger partial charge in [-0.15, -0.1) is 4.91 Å². The Morgan fingerprint density at radius 3 is 3.00 bits per heavy atom. The molecule has 0 aliphatic heterocycles. The zero-order valence-electron chi connectivity index (χ0n) is 6.70. The van der Waals surface area contributed by atoms with Gasteiger partial charge in [0.15, 0.2) is 11.5 Å². The summed E-state index contributed by atoms with van der Waals surface area (Å²) in [5.41, 5.74) is 0.205. The van der Waals surface area contributed by atoms with E-state index in [0.717, 1.165) is 12.8 Å². The predicted molar refractivity (Wildman–Crippen MR) is 49.1 cm³/mol. The highest BCUT2D eigenvalue weighted by Crippen LogP contribution is 2.29. The summed E-state index contributed by atoms with van der Waals surface area (Å²) in [4.78, 5) is 17.9. The van der Waals surface area contributed by atoms with Crippen LogP contribution < -0.4 is 5.32 Å². The largest absolute Gasteiger partial charge is 0.365 e. The van der Waals surface area contributed by atoms with E-state index >= 15 is 0 Å². The Bertz CT molecular complexity index is 339. The lowest BCUT2D eigenvalue weighted by Gasteiger charge is -2.03. The molecule has 13 heavy (non-hydrogen) atoms. The van der Waals surface area contributed by atoms with Gasteiger partial charge in [0.2, 0.25) is 5.28 Å². The highest BCUT2D eigenvalue weighted by atomic mass is 35.5. The number of hydrogen-bond acceptors (Lipinski definition) is 5. The van der Waals surface area contributed by atoms with Crippen LogP contribution in [0.25, 0.3) is 0 Å². The van der Waals surface area contributed by atoms with Crippen LogP contribution in [0.3, 0.4) is 0 Å². The Labute approximate surface area is 79.5 Å². The number of aromatic nitrogens is 2. The van der Waals surface area contributed by atoms with Gasteiger partial charge in [0.25, 0.3) is 0 Å². The first-order chi connectivity index (χ1) is 6.29. The molecule has 1 fully saturated rings. The van der Waals surface area contributed by atoms with Gasteiger partial charge in [0, 0.05) is 6.04 Å². The van der Waals surface area contributed by atoms with Crippen molar-refractivity contribution in [2.75, 3.05) is 5.32 Å². The fourth-order valence-corrected chi connectivity index (χ4v) is 1.08. The van der Waals surface area contributed by atoms with Crippen molar-refractivity contribution in [2.45, 2.75) is 18.9 Å². The number of rotatable bonds is 3. The molecule has 5 nitrogen and oxygen atoms in total. The zero-order valence-corrected chi connectivity index (χ0v) is 7.45. The summed E-state index contributed by atoms with van der Waals surface area (Å²) in [7, 11) is 0. The molecule has 0 atom stereocenters. The Balaban J connectivity index is 2.27. The highest BCUT2D eigenvalue weighted by molar-refractivity contribution is 6.28. The van der Waals surface area contributed by atoms with Gasteiger partial charge >= 0.3 is 0 Å². The number of nitrogens with one attached hydrogen (secondary N) is 1. The van der Waals surface area contributed by atoms with Crippen LogP contribution in [-0.2, 0) is 0 Å². The first-order valence-electron chi connectivity index (χ1n) is 3.92. The first kappa shape index (κ1) is 8.37. The third kappa shape index (κ3) is 1.92. The normalized spacial score (nSPS) is 15.5. The smallest absolute Gasteiger partial charge is 0.224 e. The minimum absolute atomic E-state index is 0.121. The number of anilines is 1. The summed E-state index contributed by atoms with van der Waals surface area (Å²) >= 11 is 5.57. The van der Waals surface area contributed by atoms with Crippen molar-refractivity contribution >= 4 is 23.1 Å². The molecule has 1 aromatic heterocycles. The maximum absolute atomic E-state index is 10.3. The molecular formula is C7H7ClN4O. The van der Waals surface area contributed by atoms with Gasteiger partial charge in [-0.3, -0.25) is 0 Å². The number of halogens is 1. The fourth-order valence-electron chi connectivity index (χ4n) is 0.948. The van der Waals surface area contributed by atoms with E-state index in [2.05, 4.69) is 20.5 Å². The van der Waals surface area contributed by atoms with Crippen LogP contribution in [0, 0.1) is 4.91 Å². The molecule has 1 aromatic rings. The van der Waals surface area contributed by atoms with Crippen molar-refractivity contribution < 1.29 is 0 Å². The van der Waals surface area contributed by atoms with Crippen molar-refractivity contribution in [3.63, 3.8) is 0 Å². The van der Waals surface area contributed by atoms with Crippen molar-refractivity contribution in [3.8, 4) is 0 Å². The molecule has 68 valence electrons. The van der Waals surface area contributed by atoms with E-state index in [1.54, 1.807) is 0 Å². The van der Waals surface area contributed by atoms with Gasteiger partial charge in [0.05, 0.1) is 6.20 Å². The summed E-state index contributed by atoms with van der Waals surface area (Å²) in [6.45, 7) is 0. The van der Waals surface area contributed by atoms with Crippen molar-refractivity contribution in [2.24, 2.45) is 5.18 Å². The topological polar surface area (TPSA) is 67.2 Å². The molecule has 0 bridgehead atoms. The molecule has 1 aliphatic rings. The monoisotopic (exact) mass is 198 g/mol. The Hall–Kier alpha value is -1.23. The Morgan fingerprint density at radius 2 is 2.38 bits per heavy atom. The molecule has 0 radical (unpaired) electrons. The van der Waals surface area contributed by atoms with Crippen LogP contribution in [0.1, 0.15) is 12.8 Å². The molecule has 1 N–H and O–H groups in total. The van der Waals surface area contributed by atoms with Crippen molar-refractivity contribution in [1.29, 1.82) is 0 Å². The highest BCUT2D eigenvalue weighted by Gasteiger charge is 2.23. The molecule has 1 aliphatic carbocycles. The third-order valence-corrected chi connectivity index (χ3v) is 1.94. The molecular weight excluding hydrogens is 192 g/mol. The maximum atomic E-state index is 10.3. The van der Waals surface area contributed by atoms with Gasteiger partial charge in [-0.1, -0.05) is 0 Å². The summed E-state index contributed by atoms with van der Waals surface area (Å²) in [5, 5.41) is 5.96. The van der Waals surface area contributed by atoms with Crippen LogP contribution in [0.2, 0.25) is 5.28 Å². The average molecular weight is 199 g/mol. The molecule has 1 heterocycles. The average Bonchev–Trinajstić information content (AvgIpc) is 2.89. The van der Waals surface area contributed by atoms with E-state index < -0.39 is 0 Å². The SMILES string of the molecule is O=Nc1cnc(Cl)nc1NC1CC1. The van der Waals surface area contributed by atoms with Gasteiger partial charge in [-0.2, -0.15) is 4.98 Å². The quantitative estimate of drug-likeness (QED) is 0.597. The van der Waals surface area contributed by atoms with E-state index in [1.165, 1.54) is 6.20 Å². The van der Waals surface area contributed by atoms with E-state index in [9.17, 15) is 4.91 Å². The third-order valence-electron chi connectivity index (χ3n) is 1.76. The van der Waals surface area contributed by atoms with Crippen LogP contribution in [0.4, 0.5) is 11.5 Å². The van der Waals surface area contributed by atoms with Gasteiger partial charge < -0.3 is 5.32 Å². The fraction of sp³-hybridized carbons (Fsp3) is 0.429. The predicted octanol–water partition coefficient (Wildman–Crippen LogP) is 2.10. The summed E-state index contributed by atoms with van der Waals surface area (Å²) in [5.74, 6) is 0.428. The Kier molecular flexibility index (Phi) is 2.10. The second-order valence-corrected chi connectivity index (χ2v) is 3.22. The van der Waals surface area contributed by atoms with Crippen LogP contribution in [-0.4, -0.2) is 16.0 Å². The molecule has 0 spiro atoms. The maximum Gasteiger partial charge on any atom is 0.224 e. The molecule has 0 amide bonds. The van der Waals surface area contributed by atoms with Gasteiger partial charge in [-0.05, 0) is 29.6 Å². The number of nitroso groups, excluding NO2 is 1. The molecule has 0 unspecified atom stereocenters. The zero-order chi connectivity index (χ0) is 9.26. The Morgan fingerprint density at radius 1 is 1.62 bits per heavy atom. The van der Waals surface area contributed by atoms with Gasteiger partial charge in [0.1, 0.15) is 0 Å². The second kappa shape index (κ2) is 3.26. The summed E-state index contributed by atoms with van der Waals surface area (Å²) in [6, 6.07) is 0.409. The number of hydrogen-bond donors (Lipinski definition) is 1. The lowest BCUT2D eigenvalue weighted by atomic mass is 10.5. The van der Waals surface area contributed by atoms with E-state index in [1.807, 2.05) is 0 Å². The summed E-state index contributed by atoms with van der Waals surface area (Å²) in [6.07, 6.45) is 3.51. The molecule has 0 saturated heterocycles. The van der Waals surface area contributed by atoms with E-state index in [4.69, 9.17) is 11.6 Å². The molecule has 2 rings (SSSR count). The van der Waals surface area contributed by atoms with Crippen molar-refractivity contribution in [1.82, 2.24) is 9.97 Å². The van der Waals surface area contributed by atoms with Crippen LogP contribution >= 0.6 is 11.6 Å². The number of nitrogens with zero attached hydrogens (tertiary/aromatic N) is 3. The molecule has 0 aromatic carbocycles. The minimum Gasteiger partial charge on any atom is -0.365 e. The minimum atomic E-state index is 0.121. The standard InChI is InChI=1S/C7H7ClN4O/c8-7-9-3-5(12-13)6(11-7)10-4-1-2-4/h3-4H,1-2H2,(H,9,10,11). The molecule has 1 saturated carbocycles. The van der Waals surface area contributed by atoms with Crippen LogP contribution in [0.5, 0.6) is 0 Å². The van der Waals surface area contributed by atoms with Crippen molar-refractivity contribution in [3.05, 3.63) is 16.4 Å².